The van der Waals surface area contributed by atoms with E-state index in [1.807, 2.05) is 0 Å². The van der Waals surface area contributed by atoms with E-state index in [4.69, 9.17) is 0 Å². The summed E-state index contributed by atoms with van der Waals surface area (Å²) in [4.78, 5) is 0. The molecular formula is C15H19Si. The van der Waals surface area contributed by atoms with Gasteiger partial charge in [0.2, 0.25) is 0 Å². The molecule has 16 heavy (non-hydrogen) atoms. The van der Waals surface area contributed by atoms with Crippen molar-refractivity contribution >= 4 is 15.4 Å². The first-order chi connectivity index (χ1) is 7.61. The summed E-state index contributed by atoms with van der Waals surface area (Å²) in [7, 11) is 3.65. The van der Waals surface area contributed by atoms with Crippen LogP contribution in [0, 0.1) is 13.8 Å². The number of benzene rings is 1. The molecular weight excluding hydrogens is 208 g/mol. The van der Waals surface area contributed by atoms with Crippen LogP contribution in [0.4, 0.5) is 0 Å². The molecule has 1 aliphatic rings. The molecule has 0 spiro atoms. The van der Waals surface area contributed by atoms with Gasteiger partial charge in [0.25, 0.3) is 0 Å². The average molecular weight is 227 g/mol. The van der Waals surface area contributed by atoms with E-state index < -0.39 is 0 Å². The van der Waals surface area contributed by atoms with Crippen molar-refractivity contribution < 1.29 is 0 Å². The standard InChI is InChI=1S/C15H19Si/c1-10-6-4-5-7-13(10)14-8-9-15(16)12(3)11(14)2/h8-9,13H,1,4-7H2,2-3H3. The highest BCUT2D eigenvalue weighted by Crippen LogP contribution is 2.37. The summed E-state index contributed by atoms with van der Waals surface area (Å²) in [5.74, 6) is 0.597. The lowest BCUT2D eigenvalue weighted by molar-refractivity contribution is 0.541. The average Bonchev–Trinajstić information content (AvgIpc) is 2.28. The Morgan fingerprint density at radius 3 is 2.62 bits per heavy atom. The third kappa shape index (κ3) is 2.01. The summed E-state index contributed by atoms with van der Waals surface area (Å²) in [5.41, 5.74) is 5.72. The molecule has 0 aromatic heterocycles. The fourth-order valence-electron chi connectivity index (χ4n) is 2.67. The summed E-state index contributed by atoms with van der Waals surface area (Å²) in [6, 6.07) is 4.45. The van der Waals surface area contributed by atoms with Crippen LogP contribution in [-0.4, -0.2) is 10.2 Å². The van der Waals surface area contributed by atoms with Crippen LogP contribution in [0.1, 0.15) is 48.3 Å². The molecule has 0 aliphatic heterocycles. The fourth-order valence-corrected chi connectivity index (χ4v) is 2.94. The van der Waals surface area contributed by atoms with Gasteiger partial charge in [0.1, 0.15) is 0 Å². The second-order valence-corrected chi connectivity index (χ2v) is 5.45. The van der Waals surface area contributed by atoms with Crippen LogP contribution in [0.5, 0.6) is 0 Å². The van der Waals surface area contributed by atoms with Gasteiger partial charge >= 0.3 is 0 Å². The van der Waals surface area contributed by atoms with Gasteiger partial charge in [-0.1, -0.05) is 35.9 Å². The second-order valence-electron chi connectivity index (χ2n) is 4.91. The molecule has 1 fully saturated rings. The monoisotopic (exact) mass is 227 g/mol. The zero-order valence-electron chi connectivity index (χ0n) is 10.3. The van der Waals surface area contributed by atoms with Crippen LogP contribution >= 0.6 is 0 Å². The van der Waals surface area contributed by atoms with Crippen molar-refractivity contribution in [2.75, 3.05) is 0 Å². The van der Waals surface area contributed by atoms with Crippen LogP contribution in [0.25, 0.3) is 0 Å². The van der Waals surface area contributed by atoms with E-state index in [0.29, 0.717) is 5.92 Å². The minimum Gasteiger partial charge on any atom is -0.0992 e. The van der Waals surface area contributed by atoms with Gasteiger partial charge < -0.3 is 0 Å². The Hall–Kier alpha value is -0.823. The van der Waals surface area contributed by atoms with Gasteiger partial charge in [0, 0.05) is 5.92 Å². The Balaban J connectivity index is 2.40. The van der Waals surface area contributed by atoms with Gasteiger partial charge in [-0.3, -0.25) is 0 Å². The summed E-state index contributed by atoms with van der Waals surface area (Å²) in [6.07, 6.45) is 5.15. The topological polar surface area (TPSA) is 0 Å². The SMILES string of the molecule is C=C1CCCCC1c1ccc([Si])c(C)c1C. The van der Waals surface area contributed by atoms with E-state index in [2.05, 4.69) is 42.8 Å². The Labute approximate surface area is 102 Å². The number of hydrogen-bond acceptors (Lipinski definition) is 0. The normalized spacial score (nSPS) is 21.2. The van der Waals surface area contributed by atoms with Gasteiger partial charge in [0.05, 0.1) is 10.2 Å². The molecule has 83 valence electrons. The number of rotatable bonds is 1. The fraction of sp³-hybridized carbons (Fsp3) is 0.467. The third-order valence-electron chi connectivity index (χ3n) is 3.94. The smallest absolute Gasteiger partial charge is 0.0715 e. The molecule has 1 saturated carbocycles. The van der Waals surface area contributed by atoms with E-state index >= 15 is 0 Å². The molecule has 0 nitrogen and oxygen atoms in total. The van der Waals surface area contributed by atoms with E-state index in [1.165, 1.54) is 53.1 Å². The van der Waals surface area contributed by atoms with Crippen LogP contribution in [0.15, 0.2) is 24.3 Å². The first-order valence-corrected chi connectivity index (χ1v) is 6.60. The molecule has 0 bridgehead atoms. The minimum atomic E-state index is 0.597. The third-order valence-corrected chi connectivity index (χ3v) is 4.48. The number of allylic oxidation sites excluding steroid dienone is 1. The molecule has 3 radical (unpaired) electrons. The van der Waals surface area contributed by atoms with Gasteiger partial charge in [-0.15, -0.1) is 0 Å². The number of hydrogen-bond donors (Lipinski definition) is 0. The van der Waals surface area contributed by atoms with Crippen molar-refractivity contribution in [3.8, 4) is 0 Å². The Morgan fingerprint density at radius 2 is 1.94 bits per heavy atom. The van der Waals surface area contributed by atoms with Gasteiger partial charge in [-0.25, -0.2) is 0 Å². The predicted octanol–water partition coefficient (Wildman–Crippen LogP) is 3.31. The second kappa shape index (κ2) is 4.58. The molecule has 0 amide bonds. The lowest BCUT2D eigenvalue weighted by Crippen LogP contribution is -2.15. The Morgan fingerprint density at radius 1 is 1.19 bits per heavy atom. The van der Waals surface area contributed by atoms with E-state index in [9.17, 15) is 0 Å². The van der Waals surface area contributed by atoms with E-state index in [1.54, 1.807) is 0 Å². The summed E-state index contributed by atoms with van der Waals surface area (Å²) in [5, 5.41) is 1.21. The lowest BCUT2D eigenvalue weighted by Gasteiger charge is -2.27. The van der Waals surface area contributed by atoms with Gasteiger partial charge in [-0.2, -0.15) is 0 Å². The molecule has 1 aromatic carbocycles. The van der Waals surface area contributed by atoms with Gasteiger partial charge in [-0.05, 0) is 49.8 Å². The highest BCUT2D eigenvalue weighted by Gasteiger charge is 2.21. The quantitative estimate of drug-likeness (QED) is 0.510. The zero-order chi connectivity index (χ0) is 11.7. The van der Waals surface area contributed by atoms with Crippen LogP contribution in [0.2, 0.25) is 0 Å². The van der Waals surface area contributed by atoms with Crippen molar-refractivity contribution in [1.82, 2.24) is 0 Å². The molecule has 0 heterocycles. The van der Waals surface area contributed by atoms with Crippen LogP contribution in [-0.2, 0) is 0 Å². The summed E-state index contributed by atoms with van der Waals surface area (Å²) >= 11 is 0. The molecule has 1 aliphatic carbocycles. The predicted molar refractivity (Wildman–Crippen MR) is 71.7 cm³/mol. The molecule has 0 N–H and O–H groups in total. The first-order valence-electron chi connectivity index (χ1n) is 6.10. The van der Waals surface area contributed by atoms with Crippen molar-refractivity contribution in [3.05, 3.63) is 41.0 Å². The molecule has 1 aromatic rings. The van der Waals surface area contributed by atoms with E-state index in [0.717, 1.165) is 0 Å². The van der Waals surface area contributed by atoms with Crippen LogP contribution < -0.4 is 5.19 Å². The van der Waals surface area contributed by atoms with Crippen molar-refractivity contribution in [3.63, 3.8) is 0 Å². The first kappa shape index (κ1) is 11.7. The lowest BCUT2D eigenvalue weighted by atomic mass is 9.78. The highest BCUT2D eigenvalue weighted by molar-refractivity contribution is 6.33. The molecule has 0 saturated heterocycles. The zero-order valence-corrected chi connectivity index (χ0v) is 11.3. The maximum Gasteiger partial charge on any atom is 0.0715 e. The highest BCUT2D eigenvalue weighted by atomic mass is 28.1. The maximum absolute atomic E-state index is 4.25. The van der Waals surface area contributed by atoms with Crippen molar-refractivity contribution in [2.45, 2.75) is 45.4 Å². The van der Waals surface area contributed by atoms with E-state index in [-0.39, 0.29) is 0 Å². The van der Waals surface area contributed by atoms with Crippen molar-refractivity contribution in [2.24, 2.45) is 0 Å². The molecule has 2 rings (SSSR count). The van der Waals surface area contributed by atoms with Crippen molar-refractivity contribution in [1.29, 1.82) is 0 Å². The molecule has 1 unspecified atom stereocenters. The molecule has 1 atom stereocenters. The van der Waals surface area contributed by atoms with Gasteiger partial charge in [0.15, 0.2) is 0 Å². The Bertz CT molecular complexity index is 418. The van der Waals surface area contributed by atoms with Crippen LogP contribution in [0.3, 0.4) is 0 Å². The largest absolute Gasteiger partial charge is 0.0992 e. The maximum atomic E-state index is 4.25. The summed E-state index contributed by atoms with van der Waals surface area (Å²) in [6.45, 7) is 8.67. The molecule has 1 heteroatoms. The minimum absolute atomic E-state index is 0.597. The Kier molecular flexibility index (Phi) is 3.34. The summed E-state index contributed by atoms with van der Waals surface area (Å²) < 4.78 is 0.